The Bertz CT molecular complexity index is 2030. The normalized spacial score (nSPS) is 23.8. The molecule has 0 radical (unpaired) electrons. The Morgan fingerprint density at radius 2 is 1.12 bits per heavy atom. The number of hydrogen-bond acceptors (Lipinski definition) is 12. The first-order valence-electron chi connectivity index (χ1n) is 22.4. The van der Waals surface area contributed by atoms with E-state index >= 15 is 0 Å². The summed E-state index contributed by atoms with van der Waals surface area (Å²) in [6.45, 7) is 4.28. The minimum absolute atomic E-state index is 0.0779. The van der Waals surface area contributed by atoms with Gasteiger partial charge in [-0.3, -0.25) is 14.5 Å². The average Bonchev–Trinajstić information content (AvgIpc) is 4.12. The van der Waals surface area contributed by atoms with Crippen molar-refractivity contribution in [2.75, 3.05) is 63.3 Å². The van der Waals surface area contributed by atoms with Crippen LogP contribution in [0.25, 0.3) is 20.4 Å². The van der Waals surface area contributed by atoms with Crippen molar-refractivity contribution < 1.29 is 9.59 Å². The van der Waals surface area contributed by atoms with Gasteiger partial charge in [0.15, 0.2) is 0 Å². The minimum atomic E-state index is 0.0779. The van der Waals surface area contributed by atoms with Crippen LogP contribution in [0.5, 0.6) is 0 Å². The Kier molecular flexibility index (Phi) is 14.5. The number of anilines is 2. The van der Waals surface area contributed by atoms with Crippen molar-refractivity contribution in [2.24, 2.45) is 0 Å². The van der Waals surface area contributed by atoms with Crippen molar-refractivity contribution in [1.29, 1.82) is 0 Å². The molecular weight excluding hydrogens is 800 g/mol. The van der Waals surface area contributed by atoms with Crippen LogP contribution in [0.1, 0.15) is 111 Å². The molecule has 2 amide bonds. The molecule has 6 aliphatic rings. The molecule has 3 N–H and O–H groups in total. The smallest absolute Gasteiger partial charge is 0.237 e. The predicted molar refractivity (Wildman–Crippen MR) is 242 cm³/mol. The van der Waals surface area contributed by atoms with E-state index in [1.165, 1.54) is 101 Å². The number of nitrogens with one attached hydrogen (secondary N) is 3. The highest BCUT2D eigenvalue weighted by molar-refractivity contribution is 7.19. The molecule has 4 aromatic rings. The Balaban J connectivity index is 0.000000140. The molecule has 4 aromatic heterocycles. The molecule has 2 saturated carbocycles. The second-order valence-corrected chi connectivity index (χ2v) is 19.8. The number of halogens is 1. The average molecular weight is 864 g/mol. The third-order valence-corrected chi connectivity index (χ3v) is 16.2. The van der Waals surface area contributed by atoms with Gasteiger partial charge in [-0.05, 0) is 141 Å². The van der Waals surface area contributed by atoms with Gasteiger partial charge in [-0.1, -0.05) is 0 Å². The molecule has 6 heterocycles. The predicted octanol–water partition coefficient (Wildman–Crippen LogP) is 7.43. The first kappa shape index (κ1) is 42.5. The number of fused-ring (bicyclic) bond motifs is 6. The van der Waals surface area contributed by atoms with Crippen LogP contribution in [0.15, 0.2) is 12.7 Å². The standard InChI is InChI=1S/C22H31N5OS.C16H22N4S.C6H10ClNO/c1-26(13-19(28)27-11-2-3-12-27)16-9-7-15(8-10-16)25-21-20-17-5-4-6-18(17)29-22(20)24-14-23-21;1-17-10-5-7-11(8-6-10)20-15-14-12-3-2-4-13(12)21-16(14)19-9-18-15;7-5-6(9)8-3-1-2-4-8/h14-16H,2-13H2,1H3,(H,23,24,25);9-11,17H,2-8H2,1H3,(H,18,19,20);1-5H2. The van der Waals surface area contributed by atoms with Crippen molar-refractivity contribution in [2.45, 2.75) is 140 Å². The van der Waals surface area contributed by atoms with E-state index in [1.807, 2.05) is 32.5 Å². The lowest BCUT2D eigenvalue weighted by Gasteiger charge is -2.35. The number of likely N-dealkylation sites (N-methyl/N-ethyl adjacent to an activating group) is 1. The first-order chi connectivity index (χ1) is 28.9. The lowest BCUT2D eigenvalue weighted by Crippen LogP contribution is -2.44. The van der Waals surface area contributed by atoms with Gasteiger partial charge >= 0.3 is 0 Å². The number of thiophene rings is 2. The Morgan fingerprint density at radius 3 is 1.59 bits per heavy atom. The second-order valence-electron chi connectivity index (χ2n) is 17.4. The summed E-state index contributed by atoms with van der Waals surface area (Å²) in [5, 5.41) is 13.4. The highest BCUT2D eigenvalue weighted by atomic mass is 35.5. The van der Waals surface area contributed by atoms with Gasteiger partial charge in [-0.15, -0.1) is 34.3 Å². The molecule has 59 heavy (non-hydrogen) atoms. The van der Waals surface area contributed by atoms with Crippen molar-refractivity contribution in [3.05, 3.63) is 33.5 Å². The van der Waals surface area contributed by atoms with Crippen LogP contribution in [-0.4, -0.2) is 123 Å². The number of nitrogens with zero attached hydrogens (tertiary/aromatic N) is 7. The quantitative estimate of drug-likeness (QED) is 0.146. The van der Waals surface area contributed by atoms with Gasteiger partial charge in [0.2, 0.25) is 11.8 Å². The van der Waals surface area contributed by atoms with Gasteiger partial charge in [0, 0.05) is 60.1 Å². The zero-order valence-corrected chi connectivity index (χ0v) is 37.5. The number of alkyl halides is 1. The van der Waals surface area contributed by atoms with Gasteiger partial charge in [-0.2, -0.15) is 0 Å². The zero-order chi connectivity index (χ0) is 40.7. The third-order valence-electron chi connectivity index (χ3n) is 13.6. The van der Waals surface area contributed by atoms with Crippen LogP contribution in [0.2, 0.25) is 0 Å². The lowest BCUT2D eigenvalue weighted by atomic mass is 9.90. The number of amides is 2. The molecule has 10 rings (SSSR count). The van der Waals surface area contributed by atoms with E-state index in [0.717, 1.165) is 94.0 Å². The van der Waals surface area contributed by atoms with Crippen LogP contribution in [0.4, 0.5) is 11.6 Å². The fraction of sp³-hybridized carbons (Fsp3) is 0.682. The Hall–Kier alpha value is -3.17. The fourth-order valence-electron chi connectivity index (χ4n) is 10.1. The second kappa shape index (κ2) is 20.1. The largest absolute Gasteiger partial charge is 0.367 e. The Labute approximate surface area is 362 Å². The van der Waals surface area contributed by atoms with Crippen LogP contribution in [0.3, 0.4) is 0 Å². The fourth-order valence-corrected chi connectivity index (χ4v) is 12.7. The molecule has 12 nitrogen and oxygen atoms in total. The molecule has 2 saturated heterocycles. The SMILES string of the molecule is CN(CC(=O)N1CCCC1)C1CCC(Nc2ncnc3sc4c(c23)CCC4)CC1.CNC1CCC(Nc2ncnc3sc4c(c23)CCC4)CC1.O=C(CCl)N1CCCC1. The summed E-state index contributed by atoms with van der Waals surface area (Å²) >= 11 is 9.06. The molecule has 0 spiro atoms. The lowest BCUT2D eigenvalue weighted by molar-refractivity contribution is -0.131. The van der Waals surface area contributed by atoms with E-state index in [2.05, 4.69) is 54.9 Å². The Morgan fingerprint density at radius 1 is 0.661 bits per heavy atom. The van der Waals surface area contributed by atoms with Gasteiger partial charge in [-0.25, -0.2) is 19.9 Å². The molecule has 320 valence electrons. The highest BCUT2D eigenvalue weighted by Gasteiger charge is 2.29. The van der Waals surface area contributed by atoms with Crippen molar-refractivity contribution >= 4 is 78.2 Å². The number of aromatic nitrogens is 4. The van der Waals surface area contributed by atoms with E-state index in [4.69, 9.17) is 11.6 Å². The van der Waals surface area contributed by atoms with Gasteiger partial charge in [0.1, 0.15) is 39.8 Å². The van der Waals surface area contributed by atoms with E-state index in [9.17, 15) is 9.59 Å². The zero-order valence-electron chi connectivity index (χ0n) is 35.1. The number of aryl methyl sites for hydroxylation is 4. The van der Waals surface area contributed by atoms with Crippen LogP contribution < -0.4 is 16.0 Å². The van der Waals surface area contributed by atoms with Crippen LogP contribution >= 0.6 is 34.3 Å². The topological polar surface area (TPSA) is 132 Å². The summed E-state index contributed by atoms with van der Waals surface area (Å²) in [6.07, 6.45) is 24.9. The maximum atomic E-state index is 12.5. The van der Waals surface area contributed by atoms with E-state index in [-0.39, 0.29) is 11.8 Å². The van der Waals surface area contributed by atoms with Crippen LogP contribution in [0, 0.1) is 0 Å². The molecular formula is C44H63ClN10O2S2. The molecule has 4 fully saturated rings. The molecule has 0 aromatic carbocycles. The van der Waals surface area contributed by atoms with Crippen molar-refractivity contribution in [1.82, 2.24) is 40.0 Å². The monoisotopic (exact) mass is 862 g/mol. The van der Waals surface area contributed by atoms with Crippen LogP contribution in [-0.2, 0) is 35.3 Å². The van der Waals surface area contributed by atoms with E-state index < -0.39 is 0 Å². The number of rotatable bonds is 9. The summed E-state index contributed by atoms with van der Waals surface area (Å²) in [6, 6.07) is 2.22. The number of likely N-dealkylation sites (tertiary alicyclic amines) is 2. The van der Waals surface area contributed by atoms with Gasteiger partial charge in [0.05, 0.1) is 17.3 Å². The first-order valence-corrected chi connectivity index (χ1v) is 24.6. The molecule has 0 unspecified atom stereocenters. The molecule has 15 heteroatoms. The van der Waals surface area contributed by atoms with E-state index in [0.29, 0.717) is 36.6 Å². The maximum Gasteiger partial charge on any atom is 0.237 e. The van der Waals surface area contributed by atoms with Crippen molar-refractivity contribution in [3.63, 3.8) is 0 Å². The van der Waals surface area contributed by atoms with Gasteiger partial charge in [0.25, 0.3) is 0 Å². The number of hydrogen-bond donors (Lipinski definition) is 3. The maximum absolute atomic E-state index is 12.5. The summed E-state index contributed by atoms with van der Waals surface area (Å²) in [7, 11) is 4.19. The summed E-state index contributed by atoms with van der Waals surface area (Å²) < 4.78 is 0. The number of carbonyl (C=O) groups is 2. The molecule has 4 aliphatic carbocycles. The summed E-state index contributed by atoms with van der Waals surface area (Å²) in [4.78, 5) is 52.9. The van der Waals surface area contributed by atoms with Crippen molar-refractivity contribution in [3.8, 4) is 0 Å². The summed E-state index contributed by atoms with van der Waals surface area (Å²) in [5.41, 5.74) is 3.00. The number of carbonyl (C=O) groups excluding carboxylic acids is 2. The summed E-state index contributed by atoms with van der Waals surface area (Å²) in [5.74, 6) is 2.64. The molecule has 0 atom stereocenters. The van der Waals surface area contributed by atoms with E-state index in [1.54, 1.807) is 12.7 Å². The van der Waals surface area contributed by atoms with Gasteiger partial charge < -0.3 is 25.8 Å². The molecule has 0 bridgehead atoms. The molecule has 2 aliphatic heterocycles. The minimum Gasteiger partial charge on any atom is -0.367 e. The third kappa shape index (κ3) is 10.1. The highest BCUT2D eigenvalue weighted by Crippen LogP contribution is 2.41.